The van der Waals surface area contributed by atoms with Crippen LogP contribution in [0.4, 0.5) is 10.8 Å². The Morgan fingerprint density at radius 3 is 2.96 bits per heavy atom. The third kappa shape index (κ3) is 5.98. The Morgan fingerprint density at radius 1 is 1.43 bits per heavy atom. The van der Waals surface area contributed by atoms with Crippen LogP contribution in [-0.2, 0) is 9.53 Å². The highest BCUT2D eigenvalue weighted by molar-refractivity contribution is 8.01. The van der Waals surface area contributed by atoms with Crippen LogP contribution < -0.4 is 10.6 Å². The number of amides is 1. The van der Waals surface area contributed by atoms with Crippen LogP contribution in [0.1, 0.15) is 6.92 Å². The molecule has 23 heavy (non-hydrogen) atoms. The van der Waals surface area contributed by atoms with Crippen molar-refractivity contribution < 1.29 is 9.53 Å². The molecule has 1 atom stereocenters. The first-order valence-electron chi connectivity index (χ1n) is 6.84. The van der Waals surface area contributed by atoms with E-state index in [1.54, 1.807) is 13.2 Å². The number of para-hydroxylation sites is 1. The normalized spacial score (nSPS) is 12.0. The maximum absolute atomic E-state index is 11.8. The van der Waals surface area contributed by atoms with Crippen molar-refractivity contribution in [2.24, 2.45) is 0 Å². The summed E-state index contributed by atoms with van der Waals surface area (Å²) in [6.07, 6.45) is 0. The Bertz CT molecular complexity index is 653. The minimum atomic E-state index is -0.0598. The molecular formula is C14H17ClN4O2S2. The van der Waals surface area contributed by atoms with Gasteiger partial charge in [0.15, 0.2) is 4.34 Å². The van der Waals surface area contributed by atoms with E-state index in [1.165, 1.54) is 23.1 Å². The molecule has 0 aliphatic rings. The number of rotatable bonds is 8. The van der Waals surface area contributed by atoms with E-state index in [2.05, 4.69) is 20.8 Å². The number of carbonyl (C=O) groups excluding carboxylic acids is 1. The maximum atomic E-state index is 11.8. The number of anilines is 2. The van der Waals surface area contributed by atoms with Gasteiger partial charge < -0.3 is 15.4 Å². The van der Waals surface area contributed by atoms with Gasteiger partial charge in [0.2, 0.25) is 11.0 Å². The highest BCUT2D eigenvalue weighted by Gasteiger charge is 2.11. The standard InChI is InChI=1S/C14H17ClN4O2S2/c1-9(7-21-2)16-12(20)8-22-14-19-18-13(23-14)17-11-6-4-3-5-10(11)15/h3-6,9H,7-8H2,1-2H3,(H,16,20)(H,17,18). The lowest BCUT2D eigenvalue weighted by molar-refractivity contribution is -0.119. The van der Waals surface area contributed by atoms with Crippen LogP contribution in [0, 0.1) is 0 Å². The number of aromatic nitrogens is 2. The lowest BCUT2D eigenvalue weighted by Gasteiger charge is -2.11. The van der Waals surface area contributed by atoms with Gasteiger partial charge in [-0.25, -0.2) is 0 Å². The number of nitrogens with zero attached hydrogens (tertiary/aromatic N) is 2. The van der Waals surface area contributed by atoms with E-state index in [-0.39, 0.29) is 17.7 Å². The number of hydrogen-bond acceptors (Lipinski definition) is 7. The molecule has 0 spiro atoms. The van der Waals surface area contributed by atoms with Gasteiger partial charge in [-0.05, 0) is 19.1 Å². The molecule has 2 N–H and O–H groups in total. The average molecular weight is 373 g/mol. The van der Waals surface area contributed by atoms with Crippen LogP contribution >= 0.6 is 34.7 Å². The molecule has 2 rings (SSSR count). The molecule has 1 unspecified atom stereocenters. The van der Waals surface area contributed by atoms with Crippen molar-refractivity contribution in [2.75, 3.05) is 24.8 Å². The number of benzene rings is 1. The van der Waals surface area contributed by atoms with Crippen molar-refractivity contribution in [3.05, 3.63) is 29.3 Å². The summed E-state index contributed by atoms with van der Waals surface area (Å²) >= 11 is 8.80. The van der Waals surface area contributed by atoms with E-state index >= 15 is 0 Å². The summed E-state index contributed by atoms with van der Waals surface area (Å²) in [5.74, 6) is 0.227. The number of methoxy groups -OCH3 is 1. The van der Waals surface area contributed by atoms with Crippen LogP contribution in [0.15, 0.2) is 28.6 Å². The first kappa shape index (κ1) is 18.0. The number of hydrogen-bond donors (Lipinski definition) is 2. The van der Waals surface area contributed by atoms with Crippen LogP contribution in [0.3, 0.4) is 0 Å². The van der Waals surface area contributed by atoms with E-state index in [4.69, 9.17) is 16.3 Å². The van der Waals surface area contributed by atoms with Crippen molar-refractivity contribution in [3.63, 3.8) is 0 Å². The SMILES string of the molecule is COCC(C)NC(=O)CSc1nnc(Nc2ccccc2Cl)s1. The zero-order valence-electron chi connectivity index (χ0n) is 12.7. The first-order valence-corrected chi connectivity index (χ1v) is 9.02. The molecule has 2 aromatic rings. The minimum Gasteiger partial charge on any atom is -0.383 e. The Hall–Kier alpha value is -1.35. The minimum absolute atomic E-state index is 0.0139. The number of carbonyl (C=O) groups is 1. The molecule has 9 heteroatoms. The summed E-state index contributed by atoms with van der Waals surface area (Å²) in [6.45, 7) is 2.38. The monoisotopic (exact) mass is 372 g/mol. The summed E-state index contributed by atoms with van der Waals surface area (Å²) < 4.78 is 5.69. The Labute approximate surface area is 148 Å². The van der Waals surface area contributed by atoms with Crippen molar-refractivity contribution in [3.8, 4) is 0 Å². The van der Waals surface area contributed by atoms with Crippen LogP contribution in [0.25, 0.3) is 0 Å². The van der Waals surface area contributed by atoms with E-state index in [0.29, 0.717) is 21.1 Å². The van der Waals surface area contributed by atoms with Gasteiger partial charge in [0.1, 0.15) is 0 Å². The number of thioether (sulfide) groups is 1. The maximum Gasteiger partial charge on any atom is 0.230 e. The fourth-order valence-corrected chi connectivity index (χ4v) is 3.49. The number of ether oxygens (including phenoxy) is 1. The van der Waals surface area contributed by atoms with E-state index in [0.717, 1.165) is 5.69 Å². The molecule has 0 saturated carbocycles. The fraction of sp³-hybridized carbons (Fsp3) is 0.357. The van der Waals surface area contributed by atoms with Gasteiger partial charge in [-0.2, -0.15) is 0 Å². The Morgan fingerprint density at radius 2 is 2.22 bits per heavy atom. The fourth-order valence-electron chi connectivity index (χ4n) is 1.73. The van der Waals surface area contributed by atoms with Gasteiger partial charge in [-0.3, -0.25) is 4.79 Å². The zero-order chi connectivity index (χ0) is 16.7. The van der Waals surface area contributed by atoms with Crippen molar-refractivity contribution in [1.29, 1.82) is 0 Å². The van der Waals surface area contributed by atoms with E-state index < -0.39 is 0 Å². The lowest BCUT2D eigenvalue weighted by Crippen LogP contribution is -2.36. The van der Waals surface area contributed by atoms with Crippen molar-refractivity contribution in [2.45, 2.75) is 17.3 Å². The second-order valence-corrected chi connectivity index (χ2v) is 7.30. The zero-order valence-corrected chi connectivity index (χ0v) is 15.1. The summed E-state index contributed by atoms with van der Waals surface area (Å²) in [6, 6.07) is 7.39. The predicted molar refractivity (Wildman–Crippen MR) is 94.8 cm³/mol. The van der Waals surface area contributed by atoms with Gasteiger partial charge in [0, 0.05) is 13.2 Å². The van der Waals surface area contributed by atoms with E-state index in [1.807, 2.05) is 25.1 Å². The molecular weight excluding hydrogens is 356 g/mol. The molecule has 0 aliphatic heterocycles. The van der Waals surface area contributed by atoms with Gasteiger partial charge >= 0.3 is 0 Å². The quantitative estimate of drug-likeness (QED) is 0.693. The summed E-state index contributed by atoms with van der Waals surface area (Å²) in [4.78, 5) is 11.8. The first-order chi connectivity index (χ1) is 11.1. The highest BCUT2D eigenvalue weighted by atomic mass is 35.5. The summed E-state index contributed by atoms with van der Waals surface area (Å²) in [5, 5.41) is 15.3. The second-order valence-electron chi connectivity index (χ2n) is 4.69. The van der Waals surface area contributed by atoms with Crippen LogP contribution in [0.2, 0.25) is 5.02 Å². The van der Waals surface area contributed by atoms with E-state index in [9.17, 15) is 4.79 Å². The van der Waals surface area contributed by atoms with Gasteiger partial charge in [0.25, 0.3) is 0 Å². The molecule has 0 bridgehead atoms. The largest absolute Gasteiger partial charge is 0.383 e. The topological polar surface area (TPSA) is 76.1 Å². The Kier molecular flexibility index (Phi) is 7.10. The molecule has 1 aromatic heterocycles. The van der Waals surface area contributed by atoms with Crippen LogP contribution in [0.5, 0.6) is 0 Å². The molecule has 1 amide bonds. The smallest absolute Gasteiger partial charge is 0.230 e. The summed E-state index contributed by atoms with van der Waals surface area (Å²) in [5.41, 5.74) is 0.771. The Balaban J connectivity index is 1.83. The van der Waals surface area contributed by atoms with Gasteiger partial charge in [-0.15, -0.1) is 10.2 Å². The van der Waals surface area contributed by atoms with Crippen molar-refractivity contribution in [1.82, 2.24) is 15.5 Å². The average Bonchev–Trinajstić information content (AvgIpc) is 2.95. The third-order valence-electron chi connectivity index (χ3n) is 2.67. The second kappa shape index (κ2) is 9.07. The molecule has 1 aromatic carbocycles. The van der Waals surface area contributed by atoms with Gasteiger partial charge in [-0.1, -0.05) is 46.8 Å². The van der Waals surface area contributed by atoms with Crippen molar-refractivity contribution >= 4 is 51.4 Å². The molecule has 0 radical (unpaired) electrons. The molecule has 1 heterocycles. The number of halogens is 1. The molecule has 0 saturated heterocycles. The molecule has 124 valence electrons. The number of nitrogens with one attached hydrogen (secondary N) is 2. The molecule has 0 aliphatic carbocycles. The predicted octanol–water partition coefficient (Wildman–Crippen LogP) is 3.18. The van der Waals surface area contributed by atoms with Crippen LogP contribution in [-0.4, -0.2) is 41.6 Å². The lowest BCUT2D eigenvalue weighted by atomic mass is 10.3. The third-order valence-corrected chi connectivity index (χ3v) is 4.97. The molecule has 6 nitrogen and oxygen atoms in total. The van der Waals surface area contributed by atoms with Gasteiger partial charge in [0.05, 0.1) is 23.1 Å². The molecule has 0 fully saturated rings. The highest BCUT2D eigenvalue weighted by Crippen LogP contribution is 2.30. The summed E-state index contributed by atoms with van der Waals surface area (Å²) in [7, 11) is 1.60.